The summed E-state index contributed by atoms with van der Waals surface area (Å²) in [5.74, 6) is -1.34. The van der Waals surface area contributed by atoms with E-state index in [1.54, 1.807) is 0 Å². The number of amides is 1. The zero-order chi connectivity index (χ0) is 35.9. The Morgan fingerprint density at radius 1 is 0.551 bits per heavy atom. The first-order valence-electron chi connectivity index (χ1n) is 20.3. The molecule has 282 valence electrons. The lowest BCUT2D eigenvalue weighted by Gasteiger charge is -2.15. The van der Waals surface area contributed by atoms with Gasteiger partial charge in [-0.25, -0.2) is 0 Å². The van der Waals surface area contributed by atoms with Crippen molar-refractivity contribution >= 4 is 17.8 Å². The smallest absolute Gasteiger partial charge is 0.322 e. The molecule has 6 heteroatoms. The maximum absolute atomic E-state index is 12.6. The summed E-state index contributed by atoms with van der Waals surface area (Å²) < 4.78 is 5.88. The molecule has 0 aromatic rings. The number of hydrogen-bond acceptors (Lipinski definition) is 4. The van der Waals surface area contributed by atoms with E-state index in [9.17, 15) is 14.4 Å². The third-order valence-corrected chi connectivity index (χ3v) is 8.71. The normalized spacial score (nSPS) is 12.5. The maximum atomic E-state index is 12.6. The fourth-order valence-electron chi connectivity index (χ4n) is 5.67. The van der Waals surface area contributed by atoms with Gasteiger partial charge < -0.3 is 15.2 Å². The molecular weight excluding hydrogens is 610 g/mol. The van der Waals surface area contributed by atoms with E-state index < -0.39 is 5.97 Å². The van der Waals surface area contributed by atoms with Crippen molar-refractivity contribution < 1.29 is 24.2 Å². The molecule has 0 saturated heterocycles. The van der Waals surface area contributed by atoms with Gasteiger partial charge >= 0.3 is 11.9 Å². The maximum Gasteiger partial charge on any atom is 0.322 e. The zero-order valence-electron chi connectivity index (χ0n) is 31.8. The number of esters is 1. The third-order valence-electron chi connectivity index (χ3n) is 8.71. The predicted molar refractivity (Wildman–Crippen MR) is 208 cm³/mol. The molecule has 0 aromatic heterocycles. The Balaban J connectivity index is 4.04. The van der Waals surface area contributed by atoms with Gasteiger partial charge in [-0.15, -0.1) is 0 Å². The molecule has 6 nitrogen and oxygen atoms in total. The minimum Gasteiger partial charge on any atom is -0.480 e. The number of carbonyl (C=O) groups excluding carboxylic acids is 2. The molecule has 0 radical (unpaired) electrons. The van der Waals surface area contributed by atoms with Crippen LogP contribution in [0.4, 0.5) is 0 Å². The number of carboxylic acids is 1. The Morgan fingerprint density at radius 3 is 1.55 bits per heavy atom. The molecule has 49 heavy (non-hydrogen) atoms. The monoisotopic (exact) mass is 686 g/mol. The summed E-state index contributed by atoms with van der Waals surface area (Å²) >= 11 is 0. The fourth-order valence-corrected chi connectivity index (χ4v) is 5.67. The van der Waals surface area contributed by atoms with Gasteiger partial charge in [0.2, 0.25) is 5.91 Å². The summed E-state index contributed by atoms with van der Waals surface area (Å²) in [5.41, 5.74) is 0. The number of unbranched alkanes of at least 4 members (excludes halogenated alkanes) is 19. The van der Waals surface area contributed by atoms with E-state index in [-0.39, 0.29) is 24.5 Å². The Hall–Kier alpha value is -2.63. The van der Waals surface area contributed by atoms with Crippen LogP contribution in [0.15, 0.2) is 48.6 Å². The van der Waals surface area contributed by atoms with Crippen molar-refractivity contribution in [1.82, 2.24) is 5.32 Å². The Labute approximate surface area is 301 Å². The lowest BCUT2D eigenvalue weighted by Crippen LogP contribution is -2.28. The second-order valence-electron chi connectivity index (χ2n) is 13.5. The number of nitrogens with one attached hydrogen (secondary N) is 1. The third kappa shape index (κ3) is 38.0. The second kappa shape index (κ2) is 38.2. The van der Waals surface area contributed by atoms with Crippen molar-refractivity contribution in [3.63, 3.8) is 0 Å². The van der Waals surface area contributed by atoms with E-state index in [1.807, 2.05) is 0 Å². The van der Waals surface area contributed by atoms with Crippen molar-refractivity contribution in [2.45, 2.75) is 200 Å². The van der Waals surface area contributed by atoms with Crippen LogP contribution < -0.4 is 5.32 Å². The van der Waals surface area contributed by atoms with Crippen LogP contribution in [0.5, 0.6) is 0 Å². The number of carbonyl (C=O) groups is 3. The zero-order valence-corrected chi connectivity index (χ0v) is 31.8. The van der Waals surface area contributed by atoms with Gasteiger partial charge in [-0.05, 0) is 83.1 Å². The molecule has 0 aliphatic heterocycles. The van der Waals surface area contributed by atoms with Crippen molar-refractivity contribution in [1.29, 1.82) is 0 Å². The van der Waals surface area contributed by atoms with Crippen LogP contribution in [0, 0.1) is 0 Å². The van der Waals surface area contributed by atoms with Crippen molar-refractivity contribution in [3.05, 3.63) is 48.6 Å². The van der Waals surface area contributed by atoms with Gasteiger partial charge in [-0.1, -0.05) is 146 Å². The summed E-state index contributed by atoms with van der Waals surface area (Å²) in [4.78, 5) is 34.9. The van der Waals surface area contributed by atoms with E-state index >= 15 is 0 Å². The van der Waals surface area contributed by atoms with E-state index in [2.05, 4.69) is 67.8 Å². The van der Waals surface area contributed by atoms with E-state index in [4.69, 9.17) is 9.84 Å². The number of rotatable bonds is 36. The van der Waals surface area contributed by atoms with Crippen LogP contribution in [0.3, 0.4) is 0 Å². The molecule has 1 amide bonds. The van der Waals surface area contributed by atoms with Crippen LogP contribution in [0.1, 0.15) is 194 Å². The number of carboxylic acid groups (broad SMARTS) is 1. The van der Waals surface area contributed by atoms with Gasteiger partial charge in [0.25, 0.3) is 0 Å². The number of ether oxygens (including phenoxy) is 1. The lowest BCUT2D eigenvalue weighted by atomic mass is 10.1. The highest BCUT2D eigenvalue weighted by Crippen LogP contribution is 2.15. The molecule has 0 aromatic carbocycles. The van der Waals surface area contributed by atoms with Gasteiger partial charge in [0.05, 0.1) is 0 Å². The van der Waals surface area contributed by atoms with Crippen LogP contribution >= 0.6 is 0 Å². The summed E-state index contributed by atoms with van der Waals surface area (Å²) in [6, 6.07) is 0. The van der Waals surface area contributed by atoms with Crippen LogP contribution in [-0.4, -0.2) is 35.6 Å². The minimum atomic E-state index is -1.03. The van der Waals surface area contributed by atoms with Gasteiger partial charge in [-0.2, -0.15) is 0 Å². The molecule has 0 heterocycles. The molecule has 0 bridgehead atoms. The van der Waals surface area contributed by atoms with Gasteiger partial charge in [0.15, 0.2) is 0 Å². The molecule has 0 rings (SSSR count). The summed E-state index contributed by atoms with van der Waals surface area (Å²) in [6.07, 6.45) is 48.2. The Bertz CT molecular complexity index is 891. The molecule has 1 atom stereocenters. The van der Waals surface area contributed by atoms with E-state index in [1.165, 1.54) is 96.3 Å². The van der Waals surface area contributed by atoms with Gasteiger partial charge in [0, 0.05) is 12.8 Å². The Kier molecular flexibility index (Phi) is 36.1. The summed E-state index contributed by atoms with van der Waals surface area (Å²) in [5, 5.41) is 11.1. The molecule has 1 unspecified atom stereocenters. The highest BCUT2D eigenvalue weighted by molar-refractivity contribution is 5.80. The molecule has 0 fully saturated rings. The van der Waals surface area contributed by atoms with E-state index in [0.717, 1.165) is 70.6 Å². The van der Waals surface area contributed by atoms with Crippen molar-refractivity contribution in [3.8, 4) is 0 Å². The first-order chi connectivity index (χ1) is 24.0. The average Bonchev–Trinajstić information content (AvgIpc) is 3.08. The number of allylic oxidation sites excluding steroid dienone is 7. The number of hydrogen-bond donors (Lipinski definition) is 2. The minimum absolute atomic E-state index is 0.0966. The lowest BCUT2D eigenvalue weighted by molar-refractivity contribution is -0.147. The molecule has 0 spiro atoms. The molecular formula is C43H75NO5. The topological polar surface area (TPSA) is 92.7 Å². The van der Waals surface area contributed by atoms with E-state index in [0.29, 0.717) is 12.8 Å². The first kappa shape index (κ1) is 46.4. The molecule has 0 aliphatic rings. The summed E-state index contributed by atoms with van der Waals surface area (Å²) in [6.45, 7) is 4.16. The molecule has 0 aliphatic carbocycles. The van der Waals surface area contributed by atoms with Crippen LogP contribution in [-0.2, 0) is 19.1 Å². The van der Waals surface area contributed by atoms with Gasteiger partial charge in [-0.3, -0.25) is 14.4 Å². The molecule has 2 N–H and O–H groups in total. The van der Waals surface area contributed by atoms with Gasteiger partial charge in [0.1, 0.15) is 12.6 Å². The number of aliphatic carboxylic acids is 1. The van der Waals surface area contributed by atoms with Crippen molar-refractivity contribution in [2.24, 2.45) is 0 Å². The second-order valence-corrected chi connectivity index (χ2v) is 13.5. The predicted octanol–water partition coefficient (Wildman–Crippen LogP) is 12.3. The SMILES string of the molecule is CCCCCCC/C=C\C/C=C\C/C=C\CCCCCCCCC(=O)OC(/C=C\CCCCCCC)CCCCCCC(=O)NCC(=O)O. The standard InChI is InChI=1S/C43H75NO5/c1-3-5-7-9-11-12-13-14-15-16-17-18-19-20-21-22-23-24-26-28-34-38-43(48)49-40(35-31-27-25-10-8-6-4-2)36-32-29-30-33-37-41(45)44-39-42(46)47/h13-14,16-17,19-20,31,35,40H,3-12,15,18,21-30,32-34,36-39H2,1-2H3,(H,44,45)(H,46,47)/b14-13-,17-16-,20-19-,35-31-. The average molecular weight is 686 g/mol. The highest BCUT2D eigenvalue weighted by Gasteiger charge is 2.12. The Morgan fingerprint density at radius 2 is 1.00 bits per heavy atom. The fraction of sp³-hybridized carbons (Fsp3) is 0.744. The largest absolute Gasteiger partial charge is 0.480 e. The molecule has 0 saturated carbocycles. The van der Waals surface area contributed by atoms with Crippen molar-refractivity contribution in [2.75, 3.05) is 6.54 Å². The quantitative estimate of drug-likeness (QED) is 0.0389. The van der Waals surface area contributed by atoms with Crippen LogP contribution in [0.25, 0.3) is 0 Å². The summed E-state index contributed by atoms with van der Waals surface area (Å²) in [7, 11) is 0. The van der Waals surface area contributed by atoms with Crippen LogP contribution in [0.2, 0.25) is 0 Å². The highest BCUT2D eigenvalue weighted by atomic mass is 16.5. The first-order valence-corrected chi connectivity index (χ1v) is 20.3.